The average molecular weight is 256 g/mol. The number of rotatable bonds is 7. The summed E-state index contributed by atoms with van der Waals surface area (Å²) in [6.07, 6.45) is 3.22. The van der Waals surface area contributed by atoms with Gasteiger partial charge in [0.25, 0.3) is 0 Å². The summed E-state index contributed by atoms with van der Waals surface area (Å²) < 4.78 is 1.28. The fraction of sp³-hybridized carbons (Fsp3) is 0.600. The number of nitrogens with one attached hydrogen (secondary N) is 1. The summed E-state index contributed by atoms with van der Waals surface area (Å²) in [5.74, 6) is -1.05. The molecule has 1 atom stereocenters. The largest absolute Gasteiger partial charge is 0.480 e. The fourth-order valence-electron chi connectivity index (χ4n) is 1.54. The lowest BCUT2D eigenvalue weighted by atomic mass is 10.1. The number of aliphatic carboxylic acids is 1. The van der Waals surface area contributed by atoms with E-state index in [-0.39, 0.29) is 11.5 Å². The number of hydrogen-bond donors (Lipinski definition) is 2. The van der Waals surface area contributed by atoms with Crippen LogP contribution in [0.3, 0.4) is 0 Å². The summed E-state index contributed by atoms with van der Waals surface area (Å²) in [6.45, 7) is 1.95. The number of aryl methyl sites for hydroxylation is 1. The van der Waals surface area contributed by atoms with Crippen LogP contribution in [0.15, 0.2) is 6.20 Å². The van der Waals surface area contributed by atoms with Gasteiger partial charge < -0.3 is 10.4 Å². The molecule has 0 amide bonds. The van der Waals surface area contributed by atoms with E-state index in [1.165, 1.54) is 10.9 Å². The Morgan fingerprint density at radius 2 is 2.39 bits per heavy atom. The third kappa shape index (κ3) is 3.44. The highest BCUT2D eigenvalue weighted by Crippen LogP contribution is 2.23. The molecule has 8 nitrogen and oxygen atoms in total. The summed E-state index contributed by atoms with van der Waals surface area (Å²) in [5.41, 5.74) is -0.222. The Morgan fingerprint density at radius 1 is 1.72 bits per heavy atom. The van der Waals surface area contributed by atoms with Crippen molar-refractivity contribution in [2.75, 3.05) is 5.32 Å². The lowest BCUT2D eigenvalue weighted by Crippen LogP contribution is -2.29. The first-order valence-electron chi connectivity index (χ1n) is 5.63. The molecule has 100 valence electrons. The van der Waals surface area contributed by atoms with Crippen LogP contribution in [0.5, 0.6) is 0 Å². The lowest BCUT2D eigenvalue weighted by molar-refractivity contribution is -0.384. The molecule has 1 aromatic heterocycles. The van der Waals surface area contributed by atoms with E-state index >= 15 is 0 Å². The first-order chi connectivity index (χ1) is 8.45. The van der Waals surface area contributed by atoms with E-state index in [1.807, 2.05) is 6.92 Å². The van der Waals surface area contributed by atoms with Crippen molar-refractivity contribution < 1.29 is 14.8 Å². The predicted molar refractivity (Wildman–Crippen MR) is 64.4 cm³/mol. The zero-order valence-corrected chi connectivity index (χ0v) is 10.3. The molecule has 0 spiro atoms. The van der Waals surface area contributed by atoms with Gasteiger partial charge in [0.1, 0.15) is 12.2 Å². The summed E-state index contributed by atoms with van der Waals surface area (Å²) in [6, 6.07) is -0.862. The molecular formula is C10H16N4O4. The first kappa shape index (κ1) is 13.9. The molecular weight excluding hydrogens is 240 g/mol. The zero-order chi connectivity index (χ0) is 13.7. The number of nitrogens with zero attached hydrogens (tertiary/aromatic N) is 3. The number of carboxylic acid groups (broad SMARTS) is 1. The second kappa shape index (κ2) is 5.99. The zero-order valence-electron chi connectivity index (χ0n) is 10.3. The molecule has 0 saturated carbocycles. The Kier molecular flexibility index (Phi) is 4.64. The number of carbonyl (C=O) groups is 1. The van der Waals surface area contributed by atoms with E-state index < -0.39 is 16.9 Å². The number of nitro groups is 1. The lowest BCUT2D eigenvalue weighted by Gasteiger charge is -2.12. The van der Waals surface area contributed by atoms with Crippen molar-refractivity contribution in [3.63, 3.8) is 0 Å². The van der Waals surface area contributed by atoms with E-state index in [0.29, 0.717) is 6.42 Å². The number of unbranched alkanes of at least 4 members (excludes halogenated alkanes) is 1. The summed E-state index contributed by atoms with van der Waals surface area (Å²) >= 11 is 0. The number of anilines is 1. The number of aromatic nitrogens is 2. The van der Waals surface area contributed by atoms with Crippen LogP contribution < -0.4 is 5.32 Å². The van der Waals surface area contributed by atoms with Gasteiger partial charge in [-0.15, -0.1) is 5.10 Å². The van der Waals surface area contributed by atoms with Crippen LogP contribution in [-0.2, 0) is 11.8 Å². The van der Waals surface area contributed by atoms with Crippen molar-refractivity contribution in [3.8, 4) is 0 Å². The maximum atomic E-state index is 11.0. The van der Waals surface area contributed by atoms with Gasteiger partial charge in [-0.2, -0.15) is 0 Å². The summed E-state index contributed by atoms with van der Waals surface area (Å²) in [4.78, 5) is 21.2. The molecule has 0 saturated heterocycles. The Labute approximate surface area is 104 Å². The van der Waals surface area contributed by atoms with Gasteiger partial charge in [-0.3, -0.25) is 14.8 Å². The van der Waals surface area contributed by atoms with Gasteiger partial charge in [0, 0.05) is 7.05 Å². The summed E-state index contributed by atoms with van der Waals surface area (Å²) in [7, 11) is 1.54. The van der Waals surface area contributed by atoms with E-state index in [2.05, 4.69) is 10.4 Å². The molecule has 0 aliphatic heterocycles. The van der Waals surface area contributed by atoms with Crippen molar-refractivity contribution in [2.24, 2.45) is 7.05 Å². The third-order valence-electron chi connectivity index (χ3n) is 2.46. The molecule has 1 rings (SSSR count). The van der Waals surface area contributed by atoms with E-state index in [1.54, 1.807) is 7.05 Å². The van der Waals surface area contributed by atoms with Gasteiger partial charge in [-0.05, 0) is 6.42 Å². The molecule has 1 aromatic rings. The Balaban J connectivity index is 2.86. The molecule has 0 radical (unpaired) electrons. The highest BCUT2D eigenvalue weighted by molar-refractivity contribution is 5.77. The molecule has 1 heterocycles. The monoisotopic (exact) mass is 256 g/mol. The van der Waals surface area contributed by atoms with Crippen LogP contribution >= 0.6 is 0 Å². The molecule has 18 heavy (non-hydrogen) atoms. The van der Waals surface area contributed by atoms with Crippen LogP contribution in [0.25, 0.3) is 0 Å². The van der Waals surface area contributed by atoms with Crippen molar-refractivity contribution in [1.29, 1.82) is 0 Å². The van der Waals surface area contributed by atoms with Gasteiger partial charge in [0.05, 0.1) is 4.92 Å². The highest BCUT2D eigenvalue weighted by Gasteiger charge is 2.24. The smallest absolute Gasteiger partial charge is 0.330 e. The van der Waals surface area contributed by atoms with Crippen LogP contribution in [0.4, 0.5) is 11.5 Å². The molecule has 0 aromatic carbocycles. The van der Waals surface area contributed by atoms with Crippen molar-refractivity contribution in [2.45, 2.75) is 32.2 Å². The maximum Gasteiger partial charge on any atom is 0.330 e. The first-order valence-corrected chi connectivity index (χ1v) is 5.63. The minimum atomic E-state index is -1.04. The van der Waals surface area contributed by atoms with Gasteiger partial charge in [-0.25, -0.2) is 4.79 Å². The van der Waals surface area contributed by atoms with Crippen molar-refractivity contribution in [1.82, 2.24) is 9.78 Å². The Bertz CT molecular complexity index is 443. The van der Waals surface area contributed by atoms with Crippen LogP contribution in [0.2, 0.25) is 0 Å². The fourth-order valence-corrected chi connectivity index (χ4v) is 1.54. The van der Waals surface area contributed by atoms with Gasteiger partial charge >= 0.3 is 11.7 Å². The molecule has 1 unspecified atom stereocenters. The van der Waals surface area contributed by atoms with Gasteiger partial charge in [0.15, 0.2) is 0 Å². The molecule has 0 aliphatic rings. The minimum absolute atomic E-state index is 0.00833. The number of carboxylic acids is 1. The SMILES string of the molecule is CCCCC(Nc1nn(C)cc1[N+](=O)[O-])C(=O)O. The van der Waals surface area contributed by atoms with Crippen LogP contribution in [-0.4, -0.2) is 31.8 Å². The van der Waals surface area contributed by atoms with Gasteiger partial charge in [0.2, 0.25) is 5.82 Å². The van der Waals surface area contributed by atoms with Crippen molar-refractivity contribution in [3.05, 3.63) is 16.3 Å². The van der Waals surface area contributed by atoms with Crippen molar-refractivity contribution >= 4 is 17.5 Å². The van der Waals surface area contributed by atoms with Gasteiger partial charge in [-0.1, -0.05) is 19.8 Å². The molecule has 0 aliphatic carbocycles. The topological polar surface area (TPSA) is 110 Å². The van der Waals surface area contributed by atoms with E-state index in [4.69, 9.17) is 5.11 Å². The predicted octanol–water partition coefficient (Wildman–Crippen LogP) is 1.38. The quantitative estimate of drug-likeness (QED) is 0.563. The Hall–Kier alpha value is -2.12. The third-order valence-corrected chi connectivity index (χ3v) is 2.46. The normalized spacial score (nSPS) is 12.1. The Morgan fingerprint density at radius 3 is 2.89 bits per heavy atom. The molecule has 0 bridgehead atoms. The molecule has 8 heteroatoms. The minimum Gasteiger partial charge on any atom is -0.480 e. The second-order valence-corrected chi connectivity index (χ2v) is 3.97. The van der Waals surface area contributed by atoms with Crippen LogP contribution in [0, 0.1) is 10.1 Å². The summed E-state index contributed by atoms with van der Waals surface area (Å²) in [5, 5.41) is 26.3. The van der Waals surface area contributed by atoms with E-state index in [9.17, 15) is 14.9 Å². The van der Waals surface area contributed by atoms with E-state index in [0.717, 1.165) is 12.8 Å². The average Bonchev–Trinajstić information content (AvgIpc) is 2.65. The molecule has 2 N–H and O–H groups in total. The van der Waals surface area contributed by atoms with Crippen LogP contribution in [0.1, 0.15) is 26.2 Å². The second-order valence-electron chi connectivity index (χ2n) is 3.97. The highest BCUT2D eigenvalue weighted by atomic mass is 16.6. The maximum absolute atomic E-state index is 11.0. The standard InChI is InChI=1S/C10H16N4O4/c1-3-4-5-7(10(15)16)11-9-8(14(17)18)6-13(2)12-9/h6-7H,3-5H2,1-2H3,(H,11,12)(H,15,16). The molecule has 0 fully saturated rings. The number of hydrogen-bond acceptors (Lipinski definition) is 5.